The second-order valence-corrected chi connectivity index (χ2v) is 9.44. The number of amides is 1. The third kappa shape index (κ3) is 4.76. The van der Waals surface area contributed by atoms with Gasteiger partial charge in [0.2, 0.25) is 5.91 Å². The fraction of sp³-hybridized carbons (Fsp3) is 0.172. The molecule has 1 saturated heterocycles. The van der Waals surface area contributed by atoms with E-state index in [1.165, 1.54) is 0 Å². The van der Waals surface area contributed by atoms with Gasteiger partial charge in [0, 0.05) is 41.6 Å². The summed E-state index contributed by atoms with van der Waals surface area (Å²) < 4.78 is 2.04. The lowest BCUT2D eigenvalue weighted by molar-refractivity contribution is -0.115. The van der Waals surface area contributed by atoms with Crippen molar-refractivity contribution in [2.45, 2.75) is 32.4 Å². The summed E-state index contributed by atoms with van der Waals surface area (Å²) in [7, 11) is 0. The molecule has 0 unspecified atom stereocenters. The number of rotatable bonds is 7. The van der Waals surface area contributed by atoms with Crippen LogP contribution >= 0.6 is 12.2 Å². The third-order valence-corrected chi connectivity index (χ3v) is 6.97. The van der Waals surface area contributed by atoms with Crippen LogP contribution in [0.15, 0.2) is 85.2 Å². The Labute approximate surface area is 225 Å². The molecule has 2 aromatic carbocycles. The number of carboxylic acid groups (broad SMARTS) is 1. The Morgan fingerprint density at radius 1 is 1.05 bits per heavy atom. The largest absolute Gasteiger partial charge is 0.478 e. The Morgan fingerprint density at radius 2 is 1.82 bits per heavy atom. The second kappa shape index (κ2) is 10.5. The van der Waals surface area contributed by atoms with E-state index in [9.17, 15) is 14.7 Å². The van der Waals surface area contributed by atoms with Crippen LogP contribution in [0.2, 0.25) is 0 Å². The number of hydrogen-bond acceptors (Lipinski definition) is 4. The number of aryl methyl sites for hydroxylation is 1. The first-order valence-electron chi connectivity index (χ1n) is 12.3. The minimum atomic E-state index is -0.968. The van der Waals surface area contributed by atoms with Crippen LogP contribution in [0.4, 0.5) is 11.4 Å². The summed E-state index contributed by atoms with van der Waals surface area (Å²) >= 11 is 5.86. The molecule has 2 aromatic heterocycles. The summed E-state index contributed by atoms with van der Waals surface area (Å²) in [6.45, 7) is 3.78. The summed E-state index contributed by atoms with van der Waals surface area (Å²) in [4.78, 5) is 30.0. The van der Waals surface area contributed by atoms with E-state index in [2.05, 4.69) is 20.5 Å². The Bertz CT molecular complexity index is 1500. The monoisotopic (exact) mass is 525 g/mol. The predicted octanol–water partition coefficient (Wildman–Crippen LogP) is 5.40. The fourth-order valence-electron chi connectivity index (χ4n) is 4.74. The standard InChI is InChI=1S/C29H27N5O3S/c1-3-25(35)31-22-14-13-21(17-18(22)2)34-27(26(32-29(34)38)23-7-4-5-15-30-23)24-8-6-16-33(24)20-11-9-19(10-12-20)28(36)37/h4-17,26-27H,3H2,1-2H3,(H,31,35)(H,32,38)(H,36,37)/t26-,27-/m1/s1. The Kier molecular flexibility index (Phi) is 6.93. The van der Waals surface area contributed by atoms with Crippen LogP contribution in [0, 0.1) is 6.92 Å². The van der Waals surface area contributed by atoms with E-state index in [-0.39, 0.29) is 23.6 Å². The minimum absolute atomic E-state index is 0.0425. The normalized spacial score (nSPS) is 16.8. The van der Waals surface area contributed by atoms with E-state index in [1.54, 1.807) is 30.5 Å². The highest BCUT2D eigenvalue weighted by atomic mass is 32.1. The molecule has 0 saturated carbocycles. The van der Waals surface area contributed by atoms with Crippen LogP contribution in [-0.2, 0) is 4.79 Å². The molecule has 9 heteroatoms. The van der Waals surface area contributed by atoms with E-state index in [1.807, 2.05) is 73.1 Å². The van der Waals surface area contributed by atoms with Crippen molar-refractivity contribution in [1.82, 2.24) is 14.9 Å². The molecule has 2 atom stereocenters. The molecule has 38 heavy (non-hydrogen) atoms. The second-order valence-electron chi connectivity index (χ2n) is 9.05. The number of hydrogen-bond donors (Lipinski definition) is 3. The molecule has 1 amide bonds. The lowest BCUT2D eigenvalue weighted by atomic mass is 10.00. The van der Waals surface area contributed by atoms with Crippen molar-refractivity contribution in [2.24, 2.45) is 0 Å². The molecular formula is C29H27N5O3S. The number of nitrogens with zero attached hydrogens (tertiary/aromatic N) is 3. The lowest BCUT2D eigenvalue weighted by Gasteiger charge is -2.29. The van der Waals surface area contributed by atoms with Crippen molar-refractivity contribution in [1.29, 1.82) is 0 Å². The maximum atomic E-state index is 12.0. The van der Waals surface area contributed by atoms with Gasteiger partial charge in [-0.2, -0.15) is 0 Å². The molecule has 0 bridgehead atoms. The molecule has 1 fully saturated rings. The zero-order valence-corrected chi connectivity index (χ0v) is 21.8. The molecule has 5 rings (SSSR count). The zero-order valence-electron chi connectivity index (χ0n) is 21.0. The van der Waals surface area contributed by atoms with Crippen LogP contribution in [-0.4, -0.2) is 31.6 Å². The molecule has 0 radical (unpaired) electrons. The minimum Gasteiger partial charge on any atom is -0.478 e. The van der Waals surface area contributed by atoms with Gasteiger partial charge >= 0.3 is 5.97 Å². The molecule has 0 spiro atoms. The summed E-state index contributed by atoms with van der Waals surface area (Å²) in [6.07, 6.45) is 4.12. The Morgan fingerprint density at radius 3 is 2.47 bits per heavy atom. The number of nitrogens with one attached hydrogen (secondary N) is 2. The molecule has 0 aliphatic carbocycles. The van der Waals surface area contributed by atoms with E-state index in [0.717, 1.165) is 34.0 Å². The SMILES string of the molecule is CCC(=O)Nc1ccc(N2C(=S)N[C@H](c3ccccn3)[C@H]2c2cccn2-c2ccc(C(=O)O)cc2)cc1C. The lowest BCUT2D eigenvalue weighted by Crippen LogP contribution is -2.30. The van der Waals surface area contributed by atoms with Gasteiger partial charge in [0.05, 0.1) is 17.3 Å². The van der Waals surface area contributed by atoms with Gasteiger partial charge in [-0.15, -0.1) is 0 Å². The quantitative estimate of drug-likeness (QED) is 0.278. The van der Waals surface area contributed by atoms with Crippen molar-refractivity contribution >= 4 is 40.6 Å². The summed E-state index contributed by atoms with van der Waals surface area (Å²) in [6, 6.07) is 22.0. The number of aromatic carboxylic acids is 1. The van der Waals surface area contributed by atoms with E-state index in [0.29, 0.717) is 11.5 Å². The average molecular weight is 526 g/mol. The number of carbonyl (C=O) groups excluding carboxylic acids is 1. The van der Waals surface area contributed by atoms with Crippen LogP contribution in [0.5, 0.6) is 0 Å². The number of aromatic nitrogens is 2. The van der Waals surface area contributed by atoms with Crippen molar-refractivity contribution in [2.75, 3.05) is 10.2 Å². The first-order valence-corrected chi connectivity index (χ1v) is 12.7. The molecule has 8 nitrogen and oxygen atoms in total. The summed E-state index contributed by atoms with van der Waals surface area (Å²) in [5.74, 6) is -1.01. The first kappa shape index (κ1) is 25.2. The molecule has 1 aliphatic heterocycles. The van der Waals surface area contributed by atoms with Gasteiger partial charge in [-0.1, -0.05) is 13.0 Å². The first-order chi connectivity index (χ1) is 18.4. The zero-order chi connectivity index (χ0) is 26.8. The number of benzene rings is 2. The molecule has 1 aliphatic rings. The Hall–Kier alpha value is -4.50. The van der Waals surface area contributed by atoms with Crippen LogP contribution in [0.3, 0.4) is 0 Å². The summed E-state index contributed by atoms with van der Waals surface area (Å²) in [5.41, 5.74) is 5.43. The molecule has 4 aromatic rings. The van der Waals surface area contributed by atoms with E-state index < -0.39 is 5.97 Å². The van der Waals surface area contributed by atoms with Gasteiger partial charge in [-0.25, -0.2) is 4.79 Å². The van der Waals surface area contributed by atoms with Gasteiger partial charge in [0.15, 0.2) is 5.11 Å². The van der Waals surface area contributed by atoms with E-state index >= 15 is 0 Å². The van der Waals surface area contributed by atoms with Crippen molar-refractivity contribution in [3.63, 3.8) is 0 Å². The molecule has 3 N–H and O–H groups in total. The smallest absolute Gasteiger partial charge is 0.335 e. The Balaban J connectivity index is 1.60. The maximum absolute atomic E-state index is 12.0. The predicted molar refractivity (Wildman–Crippen MR) is 151 cm³/mol. The highest BCUT2D eigenvalue weighted by molar-refractivity contribution is 7.80. The van der Waals surface area contributed by atoms with Crippen LogP contribution in [0.25, 0.3) is 5.69 Å². The van der Waals surface area contributed by atoms with Crippen molar-refractivity contribution < 1.29 is 14.7 Å². The van der Waals surface area contributed by atoms with Gasteiger partial charge in [0.25, 0.3) is 0 Å². The number of carbonyl (C=O) groups is 2. The third-order valence-electron chi connectivity index (χ3n) is 6.66. The summed E-state index contributed by atoms with van der Waals surface area (Å²) in [5, 5.41) is 16.3. The van der Waals surface area contributed by atoms with Gasteiger partial charge in [-0.3, -0.25) is 9.78 Å². The van der Waals surface area contributed by atoms with Gasteiger partial charge < -0.3 is 25.2 Å². The number of pyridine rings is 1. The fourth-order valence-corrected chi connectivity index (χ4v) is 5.09. The van der Waals surface area contributed by atoms with Gasteiger partial charge in [-0.05, 0) is 91.4 Å². The maximum Gasteiger partial charge on any atom is 0.335 e. The topological polar surface area (TPSA) is 99.5 Å². The van der Waals surface area contributed by atoms with E-state index in [4.69, 9.17) is 12.2 Å². The van der Waals surface area contributed by atoms with Crippen LogP contribution in [0.1, 0.15) is 52.7 Å². The molecular weight excluding hydrogens is 498 g/mol. The number of thiocarbonyl (C=S) groups is 1. The molecule has 3 heterocycles. The van der Waals surface area contributed by atoms with Crippen molar-refractivity contribution in [3.8, 4) is 5.69 Å². The highest BCUT2D eigenvalue weighted by Crippen LogP contribution is 2.42. The number of anilines is 2. The van der Waals surface area contributed by atoms with Crippen molar-refractivity contribution in [3.05, 3.63) is 108 Å². The van der Waals surface area contributed by atoms with Gasteiger partial charge in [0.1, 0.15) is 6.04 Å². The highest BCUT2D eigenvalue weighted by Gasteiger charge is 2.42. The van der Waals surface area contributed by atoms with Crippen LogP contribution < -0.4 is 15.5 Å². The average Bonchev–Trinajstić information content (AvgIpc) is 3.54. The molecule has 192 valence electrons. The number of carboxylic acids is 1.